The maximum atomic E-state index is 10.3. The van der Waals surface area contributed by atoms with Crippen LogP contribution >= 0.6 is 0 Å². The molecule has 0 atom stereocenters. The number of aliphatic hydroxyl groups is 2. The van der Waals surface area contributed by atoms with Crippen LogP contribution in [0.3, 0.4) is 0 Å². The molecule has 12 heteroatoms. The van der Waals surface area contributed by atoms with Gasteiger partial charge in [-0.2, -0.15) is 0 Å². The van der Waals surface area contributed by atoms with E-state index in [0.29, 0.717) is 112 Å². The minimum Gasteiger partial charge on any atom is -0.481 e. The molecule has 0 aliphatic carbocycles. The van der Waals surface area contributed by atoms with E-state index in [4.69, 9.17) is 53.2 Å². The minimum atomic E-state index is -0.653. The molecule has 290 valence electrons. The smallest absolute Gasteiger partial charge is 0.303 e. The van der Waals surface area contributed by atoms with Crippen molar-refractivity contribution in [1.29, 1.82) is 0 Å². The predicted octanol–water partition coefficient (Wildman–Crippen LogP) is 5.44. The van der Waals surface area contributed by atoms with Crippen LogP contribution in [0.1, 0.15) is 110 Å². The van der Waals surface area contributed by atoms with Crippen molar-refractivity contribution in [2.75, 3.05) is 119 Å². The number of aliphatic carboxylic acids is 1. The number of hydrogen-bond acceptors (Lipinski definition) is 11. The number of carboxylic acids is 1. The molecule has 0 saturated carbocycles. The molecule has 3 N–H and O–H groups in total. The van der Waals surface area contributed by atoms with Gasteiger partial charge in [0.25, 0.3) is 0 Å². The molecular formula is C36H74O12. The van der Waals surface area contributed by atoms with Gasteiger partial charge in [0.2, 0.25) is 0 Å². The summed E-state index contributed by atoms with van der Waals surface area (Å²) in [4.78, 5) is 10.3. The number of carboxylic acid groups (broad SMARTS) is 1. The largest absolute Gasteiger partial charge is 0.481 e. The molecule has 0 aliphatic rings. The van der Waals surface area contributed by atoms with Gasteiger partial charge in [-0.1, -0.05) is 96.8 Å². The third-order valence-corrected chi connectivity index (χ3v) is 7.07. The first-order valence-electron chi connectivity index (χ1n) is 18.7. The van der Waals surface area contributed by atoms with Crippen molar-refractivity contribution in [3.63, 3.8) is 0 Å². The van der Waals surface area contributed by atoms with Crippen LogP contribution < -0.4 is 0 Å². The lowest BCUT2D eigenvalue weighted by molar-refractivity contribution is -0.137. The van der Waals surface area contributed by atoms with Crippen molar-refractivity contribution in [3.8, 4) is 0 Å². The highest BCUT2D eigenvalue weighted by molar-refractivity contribution is 5.66. The van der Waals surface area contributed by atoms with Gasteiger partial charge >= 0.3 is 5.97 Å². The van der Waals surface area contributed by atoms with E-state index in [0.717, 1.165) is 12.8 Å². The SMILES string of the molecule is CCCCCCCCCCCCCCCCCC(=O)O.OCCOCCOCCOCCOCCOCCOCCOCCOCCO. The second kappa shape index (κ2) is 48.2. The molecule has 0 aromatic rings. The van der Waals surface area contributed by atoms with Gasteiger partial charge in [0.1, 0.15) is 0 Å². The molecule has 0 rings (SSSR count). The maximum absolute atomic E-state index is 10.3. The van der Waals surface area contributed by atoms with Gasteiger partial charge in [0.15, 0.2) is 0 Å². The summed E-state index contributed by atoms with van der Waals surface area (Å²) >= 11 is 0. The Labute approximate surface area is 292 Å². The Morgan fingerprint density at radius 2 is 0.562 bits per heavy atom. The quantitative estimate of drug-likeness (QED) is 0.0698. The number of rotatable bonds is 41. The summed E-state index contributed by atoms with van der Waals surface area (Å²) in [6.45, 7) is 10.1. The molecule has 0 heterocycles. The minimum absolute atomic E-state index is 0.0294. The van der Waals surface area contributed by atoms with Gasteiger partial charge in [0.05, 0.1) is 119 Å². The van der Waals surface area contributed by atoms with Gasteiger partial charge in [-0.3, -0.25) is 4.79 Å². The van der Waals surface area contributed by atoms with Crippen LogP contribution in [0.25, 0.3) is 0 Å². The number of ether oxygens (including phenoxy) is 8. The van der Waals surface area contributed by atoms with Crippen molar-refractivity contribution >= 4 is 5.97 Å². The zero-order valence-electron chi connectivity index (χ0n) is 30.6. The molecule has 0 unspecified atom stereocenters. The number of unbranched alkanes of at least 4 members (excludes halogenated alkanes) is 14. The Bertz CT molecular complexity index is 545. The van der Waals surface area contributed by atoms with Crippen molar-refractivity contribution in [2.24, 2.45) is 0 Å². The lowest BCUT2D eigenvalue weighted by Crippen LogP contribution is -2.15. The van der Waals surface area contributed by atoms with Crippen LogP contribution in [-0.4, -0.2) is 140 Å². The number of aliphatic hydroxyl groups excluding tert-OH is 2. The fraction of sp³-hybridized carbons (Fsp3) is 0.972. The van der Waals surface area contributed by atoms with Gasteiger partial charge in [-0.15, -0.1) is 0 Å². The molecule has 0 fully saturated rings. The first-order valence-corrected chi connectivity index (χ1v) is 18.7. The maximum Gasteiger partial charge on any atom is 0.303 e. The summed E-state index contributed by atoms with van der Waals surface area (Å²) in [5, 5.41) is 25.6. The Morgan fingerprint density at radius 3 is 0.771 bits per heavy atom. The molecule has 0 bridgehead atoms. The zero-order valence-corrected chi connectivity index (χ0v) is 30.6. The Morgan fingerprint density at radius 1 is 0.354 bits per heavy atom. The molecule has 0 aromatic carbocycles. The molecule has 0 aromatic heterocycles. The number of carbonyl (C=O) groups is 1. The Kier molecular flexibility index (Phi) is 49.4. The standard InChI is InChI=1S/C18H38O10.C18H36O2/c19-1-3-21-5-7-23-9-11-25-13-15-27-17-18-28-16-14-26-12-10-24-8-6-22-4-2-20;1-2-3-4-5-6-7-8-9-10-11-12-13-14-15-16-17-18(19)20/h19-20H,1-18H2;2-17H2,1H3,(H,19,20). The van der Waals surface area contributed by atoms with Crippen LogP contribution in [0, 0.1) is 0 Å². The fourth-order valence-electron chi connectivity index (χ4n) is 4.42. The average molecular weight is 699 g/mol. The molecule has 0 saturated heterocycles. The van der Waals surface area contributed by atoms with Crippen LogP contribution in [0.2, 0.25) is 0 Å². The molecular weight excluding hydrogens is 624 g/mol. The Balaban J connectivity index is 0. The highest BCUT2D eigenvalue weighted by atomic mass is 16.6. The van der Waals surface area contributed by atoms with Crippen LogP contribution in [0.4, 0.5) is 0 Å². The lowest BCUT2D eigenvalue weighted by atomic mass is 10.0. The van der Waals surface area contributed by atoms with Crippen molar-refractivity contribution in [2.45, 2.75) is 110 Å². The van der Waals surface area contributed by atoms with E-state index < -0.39 is 5.97 Å². The van der Waals surface area contributed by atoms with E-state index in [-0.39, 0.29) is 13.2 Å². The highest BCUT2D eigenvalue weighted by Gasteiger charge is 1.98. The first kappa shape index (κ1) is 49.2. The van der Waals surface area contributed by atoms with Gasteiger partial charge in [-0.25, -0.2) is 0 Å². The van der Waals surface area contributed by atoms with E-state index in [9.17, 15) is 4.79 Å². The van der Waals surface area contributed by atoms with E-state index in [2.05, 4.69) is 6.92 Å². The van der Waals surface area contributed by atoms with Crippen LogP contribution in [0.5, 0.6) is 0 Å². The lowest BCUT2D eigenvalue weighted by Gasteiger charge is -2.08. The monoisotopic (exact) mass is 699 g/mol. The molecule has 12 nitrogen and oxygen atoms in total. The van der Waals surface area contributed by atoms with Crippen LogP contribution in [0.15, 0.2) is 0 Å². The van der Waals surface area contributed by atoms with Crippen molar-refractivity contribution in [1.82, 2.24) is 0 Å². The second-order valence-corrected chi connectivity index (χ2v) is 11.4. The average Bonchev–Trinajstić information content (AvgIpc) is 3.08. The topological polar surface area (TPSA) is 152 Å². The van der Waals surface area contributed by atoms with Gasteiger partial charge in [-0.05, 0) is 6.42 Å². The summed E-state index contributed by atoms with van der Waals surface area (Å²) in [5.41, 5.74) is 0. The normalized spacial score (nSPS) is 11.1. The van der Waals surface area contributed by atoms with E-state index >= 15 is 0 Å². The molecule has 0 spiro atoms. The summed E-state index contributed by atoms with van der Waals surface area (Å²) in [7, 11) is 0. The van der Waals surface area contributed by atoms with Crippen molar-refractivity contribution in [3.05, 3.63) is 0 Å². The van der Waals surface area contributed by atoms with E-state index in [1.54, 1.807) is 0 Å². The molecule has 0 radical (unpaired) electrons. The Hall–Kier alpha value is -0.930. The van der Waals surface area contributed by atoms with Gasteiger partial charge in [0, 0.05) is 6.42 Å². The number of hydrogen-bond donors (Lipinski definition) is 3. The second-order valence-electron chi connectivity index (χ2n) is 11.4. The summed E-state index contributed by atoms with van der Waals surface area (Å²) in [6, 6.07) is 0. The van der Waals surface area contributed by atoms with Gasteiger partial charge < -0.3 is 53.2 Å². The first-order chi connectivity index (χ1) is 23.7. The summed E-state index contributed by atoms with van der Waals surface area (Å²) in [5.74, 6) is -0.653. The predicted molar refractivity (Wildman–Crippen MR) is 188 cm³/mol. The third kappa shape index (κ3) is 51.9. The third-order valence-electron chi connectivity index (χ3n) is 7.07. The zero-order chi connectivity index (χ0) is 35.3. The molecule has 48 heavy (non-hydrogen) atoms. The van der Waals surface area contributed by atoms with Crippen LogP contribution in [-0.2, 0) is 42.7 Å². The summed E-state index contributed by atoms with van der Waals surface area (Å²) in [6.07, 6.45) is 20.2. The molecule has 0 amide bonds. The van der Waals surface area contributed by atoms with E-state index in [1.165, 1.54) is 83.5 Å². The molecule has 0 aliphatic heterocycles. The summed E-state index contributed by atoms with van der Waals surface area (Å²) < 4.78 is 42.2. The fourth-order valence-corrected chi connectivity index (χ4v) is 4.42. The highest BCUT2D eigenvalue weighted by Crippen LogP contribution is 2.13. The van der Waals surface area contributed by atoms with E-state index in [1.807, 2.05) is 0 Å². The van der Waals surface area contributed by atoms with Crippen molar-refractivity contribution < 1.29 is 58.0 Å².